The number of pyridine rings is 1. The number of hydrogen-bond donors (Lipinski definition) is 0. The molecule has 1 aromatic heterocycles. The highest BCUT2D eigenvalue weighted by Gasteiger charge is 2.21. The third kappa shape index (κ3) is 2.37. The number of fused-ring (bicyclic) bond motifs is 1. The number of ether oxygens (including phenoxy) is 3. The van der Waals surface area contributed by atoms with Crippen molar-refractivity contribution in [3.05, 3.63) is 36.0 Å². The van der Waals surface area contributed by atoms with Crippen LogP contribution in [0.4, 0.5) is 11.4 Å². The zero-order valence-corrected chi connectivity index (χ0v) is 12.4. The van der Waals surface area contributed by atoms with Crippen LogP contribution in [0.25, 0.3) is 0 Å². The Labute approximate surface area is 128 Å². The number of nitriles is 1. The van der Waals surface area contributed by atoms with E-state index < -0.39 is 0 Å². The Morgan fingerprint density at radius 2 is 2.14 bits per heavy atom. The smallest absolute Gasteiger partial charge is 0.231 e. The van der Waals surface area contributed by atoms with E-state index in [0.29, 0.717) is 24.6 Å². The van der Waals surface area contributed by atoms with Crippen LogP contribution >= 0.6 is 0 Å². The van der Waals surface area contributed by atoms with Crippen molar-refractivity contribution < 1.29 is 14.2 Å². The number of methoxy groups -OCH3 is 2. The van der Waals surface area contributed by atoms with Crippen molar-refractivity contribution in [3.63, 3.8) is 0 Å². The summed E-state index contributed by atoms with van der Waals surface area (Å²) < 4.78 is 16.0. The highest BCUT2D eigenvalue weighted by molar-refractivity contribution is 5.72. The molecule has 0 atom stereocenters. The van der Waals surface area contributed by atoms with E-state index in [1.54, 1.807) is 19.4 Å². The zero-order valence-electron chi connectivity index (χ0n) is 12.4. The zero-order chi connectivity index (χ0) is 15.5. The molecule has 0 spiro atoms. The monoisotopic (exact) mass is 297 g/mol. The minimum absolute atomic E-state index is 0.324. The van der Waals surface area contributed by atoms with Crippen LogP contribution in [0.1, 0.15) is 5.56 Å². The van der Waals surface area contributed by atoms with Gasteiger partial charge in [-0.2, -0.15) is 5.26 Å². The lowest BCUT2D eigenvalue weighted by molar-refractivity contribution is 0.313. The van der Waals surface area contributed by atoms with Gasteiger partial charge in [-0.15, -0.1) is 0 Å². The standard InChI is InChI=1S/C16H15N3O3/c1-20-13-3-4-15-14(8-13)19(5-6-22-15)12-7-11(9-17)16(21-2)18-10-12/h3-4,7-8,10H,5-6H2,1-2H3. The Morgan fingerprint density at radius 3 is 2.86 bits per heavy atom. The normalized spacial score (nSPS) is 12.9. The molecule has 0 saturated carbocycles. The Morgan fingerprint density at radius 1 is 1.27 bits per heavy atom. The van der Waals surface area contributed by atoms with Crippen LogP contribution in [0.15, 0.2) is 30.5 Å². The summed E-state index contributed by atoms with van der Waals surface area (Å²) in [7, 11) is 3.12. The van der Waals surface area contributed by atoms with Crippen molar-refractivity contribution in [1.29, 1.82) is 5.26 Å². The van der Waals surface area contributed by atoms with Crippen LogP contribution in [0.5, 0.6) is 17.4 Å². The van der Waals surface area contributed by atoms with Gasteiger partial charge in [-0.3, -0.25) is 0 Å². The molecule has 1 aliphatic rings. The minimum atomic E-state index is 0.324. The number of anilines is 2. The fourth-order valence-electron chi connectivity index (χ4n) is 2.42. The summed E-state index contributed by atoms with van der Waals surface area (Å²) in [6, 6.07) is 9.51. The summed E-state index contributed by atoms with van der Waals surface area (Å²) in [6.45, 7) is 1.23. The van der Waals surface area contributed by atoms with Crippen LogP contribution in [0.2, 0.25) is 0 Å². The average molecular weight is 297 g/mol. The molecule has 0 radical (unpaired) electrons. The van der Waals surface area contributed by atoms with E-state index in [9.17, 15) is 5.26 Å². The largest absolute Gasteiger partial charge is 0.497 e. The van der Waals surface area contributed by atoms with Crippen LogP contribution < -0.4 is 19.1 Å². The maximum absolute atomic E-state index is 9.22. The van der Waals surface area contributed by atoms with Crippen molar-refractivity contribution in [2.75, 3.05) is 32.3 Å². The Hall–Kier alpha value is -2.94. The minimum Gasteiger partial charge on any atom is -0.497 e. The SMILES string of the molecule is COc1ccc2c(c1)N(c1cnc(OC)c(C#N)c1)CCO2. The molecule has 0 N–H and O–H groups in total. The van der Waals surface area contributed by atoms with E-state index in [1.165, 1.54) is 7.11 Å². The fraction of sp³-hybridized carbons (Fsp3) is 0.250. The van der Waals surface area contributed by atoms with Gasteiger partial charge in [0.2, 0.25) is 5.88 Å². The number of rotatable bonds is 3. The van der Waals surface area contributed by atoms with Gasteiger partial charge in [-0.25, -0.2) is 4.98 Å². The second-order valence-corrected chi connectivity index (χ2v) is 4.70. The van der Waals surface area contributed by atoms with Crippen molar-refractivity contribution in [2.45, 2.75) is 0 Å². The van der Waals surface area contributed by atoms with Crippen LogP contribution in [0.3, 0.4) is 0 Å². The third-order valence-electron chi connectivity index (χ3n) is 3.49. The van der Waals surface area contributed by atoms with Gasteiger partial charge in [0.25, 0.3) is 0 Å². The van der Waals surface area contributed by atoms with Gasteiger partial charge in [0.15, 0.2) is 0 Å². The van der Waals surface area contributed by atoms with E-state index in [4.69, 9.17) is 14.2 Å². The fourth-order valence-corrected chi connectivity index (χ4v) is 2.42. The Bertz CT molecular complexity index is 740. The summed E-state index contributed by atoms with van der Waals surface area (Å²) in [4.78, 5) is 6.25. The van der Waals surface area contributed by atoms with Gasteiger partial charge in [-0.1, -0.05) is 0 Å². The first-order valence-corrected chi connectivity index (χ1v) is 6.79. The van der Waals surface area contributed by atoms with Crippen LogP contribution in [-0.4, -0.2) is 32.4 Å². The Balaban J connectivity index is 2.06. The first-order valence-electron chi connectivity index (χ1n) is 6.79. The van der Waals surface area contributed by atoms with Crippen molar-refractivity contribution in [1.82, 2.24) is 4.98 Å². The third-order valence-corrected chi connectivity index (χ3v) is 3.49. The molecule has 6 heteroatoms. The average Bonchev–Trinajstić information content (AvgIpc) is 2.60. The number of benzene rings is 1. The highest BCUT2D eigenvalue weighted by Crippen LogP contribution is 2.39. The van der Waals surface area contributed by atoms with Gasteiger partial charge >= 0.3 is 0 Å². The molecule has 3 rings (SSSR count). The summed E-state index contributed by atoms with van der Waals surface area (Å²) in [5.74, 6) is 1.85. The van der Waals surface area contributed by atoms with E-state index in [-0.39, 0.29) is 0 Å². The van der Waals surface area contributed by atoms with Crippen LogP contribution in [-0.2, 0) is 0 Å². The molecule has 1 aliphatic heterocycles. The first kappa shape index (κ1) is 14.0. The van der Waals surface area contributed by atoms with E-state index >= 15 is 0 Å². The lowest BCUT2D eigenvalue weighted by Crippen LogP contribution is -2.28. The Kier molecular flexibility index (Phi) is 3.71. The predicted octanol–water partition coefficient (Wildman–Crippen LogP) is 2.50. The molecule has 6 nitrogen and oxygen atoms in total. The molecule has 22 heavy (non-hydrogen) atoms. The second kappa shape index (κ2) is 5.82. The lowest BCUT2D eigenvalue weighted by atomic mass is 10.2. The first-order chi connectivity index (χ1) is 10.8. The molecule has 0 unspecified atom stereocenters. The van der Waals surface area contributed by atoms with Crippen molar-refractivity contribution >= 4 is 11.4 Å². The predicted molar refractivity (Wildman–Crippen MR) is 81.0 cm³/mol. The molecule has 0 aliphatic carbocycles. The lowest BCUT2D eigenvalue weighted by Gasteiger charge is -2.31. The number of aromatic nitrogens is 1. The number of nitrogens with zero attached hydrogens (tertiary/aromatic N) is 3. The van der Waals surface area contributed by atoms with Gasteiger partial charge in [-0.05, 0) is 18.2 Å². The van der Waals surface area contributed by atoms with Gasteiger partial charge < -0.3 is 19.1 Å². The summed E-state index contributed by atoms with van der Waals surface area (Å²) in [6.07, 6.45) is 1.69. The molecular formula is C16H15N3O3. The number of hydrogen-bond acceptors (Lipinski definition) is 6. The maximum Gasteiger partial charge on any atom is 0.231 e. The molecule has 0 fully saturated rings. The molecule has 0 bridgehead atoms. The molecule has 112 valence electrons. The van der Waals surface area contributed by atoms with E-state index in [1.807, 2.05) is 18.2 Å². The molecule has 2 heterocycles. The molecule has 2 aromatic rings. The van der Waals surface area contributed by atoms with E-state index in [2.05, 4.69) is 16.0 Å². The quantitative estimate of drug-likeness (QED) is 0.867. The summed E-state index contributed by atoms with van der Waals surface area (Å²) in [5, 5.41) is 9.22. The highest BCUT2D eigenvalue weighted by atomic mass is 16.5. The van der Waals surface area contributed by atoms with Gasteiger partial charge in [0, 0.05) is 6.07 Å². The summed E-state index contributed by atoms with van der Waals surface area (Å²) in [5.41, 5.74) is 2.10. The topological polar surface area (TPSA) is 67.6 Å². The molecule has 0 saturated heterocycles. The molecule has 0 amide bonds. The van der Waals surface area contributed by atoms with Crippen LogP contribution in [0, 0.1) is 11.3 Å². The van der Waals surface area contributed by atoms with Crippen molar-refractivity contribution in [2.24, 2.45) is 0 Å². The molecule has 1 aromatic carbocycles. The molecular weight excluding hydrogens is 282 g/mol. The maximum atomic E-state index is 9.22. The van der Waals surface area contributed by atoms with Gasteiger partial charge in [0.05, 0.1) is 38.3 Å². The summed E-state index contributed by atoms with van der Waals surface area (Å²) >= 11 is 0. The van der Waals surface area contributed by atoms with E-state index in [0.717, 1.165) is 22.9 Å². The van der Waals surface area contributed by atoms with Gasteiger partial charge in [0.1, 0.15) is 29.7 Å². The second-order valence-electron chi connectivity index (χ2n) is 4.70. The van der Waals surface area contributed by atoms with Crippen molar-refractivity contribution in [3.8, 4) is 23.4 Å².